The van der Waals surface area contributed by atoms with Gasteiger partial charge in [0.25, 0.3) is 0 Å². The maximum Gasteiger partial charge on any atom is 0.120 e. The largest absolute Gasteiger partial charge is 0.284 e. The van der Waals surface area contributed by atoms with Crippen LogP contribution in [-0.2, 0) is 0 Å². The molecule has 0 unspecified atom stereocenters. The van der Waals surface area contributed by atoms with Crippen molar-refractivity contribution in [2.75, 3.05) is 0 Å². The van der Waals surface area contributed by atoms with Crippen LogP contribution < -0.4 is 0 Å². The number of hydrogen-bond acceptors (Lipinski definition) is 4. The van der Waals surface area contributed by atoms with Gasteiger partial charge in [-0.05, 0) is 49.7 Å². The van der Waals surface area contributed by atoms with Gasteiger partial charge in [-0.2, -0.15) is 5.10 Å². The molecule has 0 spiro atoms. The number of aromatic amines is 1. The second kappa shape index (κ2) is 5.28. The molecule has 4 heterocycles. The van der Waals surface area contributed by atoms with Crippen LogP contribution in [0.1, 0.15) is 11.3 Å². The Morgan fingerprint density at radius 3 is 2.70 bits per heavy atom. The van der Waals surface area contributed by atoms with E-state index in [1.165, 1.54) is 0 Å². The molecule has 0 aliphatic carbocycles. The average molecular weight is 301 g/mol. The van der Waals surface area contributed by atoms with Gasteiger partial charge in [0.05, 0.1) is 22.4 Å². The number of rotatable bonds is 2. The fourth-order valence-corrected chi connectivity index (χ4v) is 2.61. The van der Waals surface area contributed by atoms with Gasteiger partial charge in [0.15, 0.2) is 0 Å². The SMILES string of the molecule is Cc1cnc2ccc(-c3c[nH]nc3-c3cccc(C)n3)nc2c1. The summed E-state index contributed by atoms with van der Waals surface area (Å²) >= 11 is 0. The molecule has 0 amide bonds. The van der Waals surface area contributed by atoms with E-state index in [2.05, 4.69) is 20.2 Å². The first-order chi connectivity index (χ1) is 11.2. The molecule has 4 rings (SSSR count). The molecule has 112 valence electrons. The normalized spacial score (nSPS) is 11.0. The highest BCUT2D eigenvalue weighted by atomic mass is 15.1. The summed E-state index contributed by atoms with van der Waals surface area (Å²) in [5.74, 6) is 0. The molecule has 0 aromatic carbocycles. The number of nitrogens with one attached hydrogen (secondary N) is 1. The Hall–Kier alpha value is -3.08. The molecule has 4 aromatic rings. The van der Waals surface area contributed by atoms with E-state index >= 15 is 0 Å². The van der Waals surface area contributed by atoms with E-state index in [9.17, 15) is 0 Å². The quantitative estimate of drug-likeness (QED) is 0.613. The molecule has 5 heteroatoms. The average Bonchev–Trinajstić information content (AvgIpc) is 3.03. The number of aromatic nitrogens is 5. The van der Waals surface area contributed by atoms with E-state index in [1.54, 1.807) is 0 Å². The topological polar surface area (TPSA) is 67.3 Å². The number of hydrogen-bond donors (Lipinski definition) is 1. The molecule has 0 saturated carbocycles. The van der Waals surface area contributed by atoms with Crippen molar-refractivity contribution in [3.05, 3.63) is 60.0 Å². The predicted molar refractivity (Wildman–Crippen MR) is 89.8 cm³/mol. The van der Waals surface area contributed by atoms with Crippen LogP contribution in [0.4, 0.5) is 0 Å². The molecule has 0 aliphatic rings. The Morgan fingerprint density at radius 1 is 0.913 bits per heavy atom. The molecule has 0 radical (unpaired) electrons. The van der Waals surface area contributed by atoms with Crippen LogP contribution in [0.3, 0.4) is 0 Å². The minimum absolute atomic E-state index is 0.807. The Labute approximate surface area is 133 Å². The third-order valence-corrected chi connectivity index (χ3v) is 3.72. The number of aryl methyl sites for hydroxylation is 2. The lowest BCUT2D eigenvalue weighted by Gasteiger charge is -2.04. The zero-order valence-corrected chi connectivity index (χ0v) is 12.9. The lowest BCUT2D eigenvalue weighted by atomic mass is 10.1. The van der Waals surface area contributed by atoms with Gasteiger partial charge in [-0.1, -0.05) is 6.07 Å². The van der Waals surface area contributed by atoms with Crippen molar-refractivity contribution < 1.29 is 0 Å². The van der Waals surface area contributed by atoms with Crippen LogP contribution in [0.2, 0.25) is 0 Å². The Bertz CT molecular complexity index is 1000. The molecule has 1 N–H and O–H groups in total. The van der Waals surface area contributed by atoms with Gasteiger partial charge in [0, 0.05) is 23.7 Å². The summed E-state index contributed by atoms with van der Waals surface area (Å²) < 4.78 is 0. The van der Waals surface area contributed by atoms with Crippen molar-refractivity contribution >= 4 is 11.0 Å². The first-order valence-electron chi connectivity index (χ1n) is 7.42. The van der Waals surface area contributed by atoms with Crippen LogP contribution in [0, 0.1) is 13.8 Å². The van der Waals surface area contributed by atoms with Gasteiger partial charge in [-0.25, -0.2) is 4.98 Å². The van der Waals surface area contributed by atoms with Crippen LogP contribution >= 0.6 is 0 Å². The maximum atomic E-state index is 4.74. The molecule has 0 fully saturated rings. The van der Waals surface area contributed by atoms with Crippen molar-refractivity contribution in [3.63, 3.8) is 0 Å². The molecular weight excluding hydrogens is 286 g/mol. The molecule has 0 atom stereocenters. The van der Waals surface area contributed by atoms with Crippen LogP contribution in [0.25, 0.3) is 33.7 Å². The van der Waals surface area contributed by atoms with E-state index in [4.69, 9.17) is 4.98 Å². The molecule has 23 heavy (non-hydrogen) atoms. The summed E-state index contributed by atoms with van der Waals surface area (Å²) in [6.45, 7) is 3.99. The number of H-pyrrole nitrogens is 1. The summed E-state index contributed by atoms with van der Waals surface area (Å²) in [7, 11) is 0. The van der Waals surface area contributed by atoms with Crippen LogP contribution in [-0.4, -0.2) is 25.1 Å². The third-order valence-electron chi connectivity index (χ3n) is 3.72. The zero-order valence-electron chi connectivity index (χ0n) is 12.9. The predicted octanol–water partition coefficient (Wildman–Crippen LogP) is 3.70. The highest BCUT2D eigenvalue weighted by Crippen LogP contribution is 2.28. The van der Waals surface area contributed by atoms with Crippen LogP contribution in [0.15, 0.2) is 48.8 Å². The fourth-order valence-electron chi connectivity index (χ4n) is 2.61. The van der Waals surface area contributed by atoms with E-state index < -0.39 is 0 Å². The maximum absolute atomic E-state index is 4.74. The minimum Gasteiger partial charge on any atom is -0.284 e. The van der Waals surface area contributed by atoms with Gasteiger partial charge >= 0.3 is 0 Å². The summed E-state index contributed by atoms with van der Waals surface area (Å²) in [4.78, 5) is 13.7. The lowest BCUT2D eigenvalue weighted by Crippen LogP contribution is -1.91. The van der Waals surface area contributed by atoms with Gasteiger partial charge in [-0.15, -0.1) is 0 Å². The molecule has 0 saturated heterocycles. The molecule has 0 bridgehead atoms. The molecule has 0 aliphatic heterocycles. The molecule has 5 nitrogen and oxygen atoms in total. The van der Waals surface area contributed by atoms with Crippen molar-refractivity contribution in [1.29, 1.82) is 0 Å². The first-order valence-corrected chi connectivity index (χ1v) is 7.42. The third kappa shape index (κ3) is 2.46. The summed E-state index contributed by atoms with van der Waals surface area (Å²) in [5.41, 5.74) is 7.26. The smallest absolute Gasteiger partial charge is 0.120 e. The van der Waals surface area contributed by atoms with Crippen molar-refractivity contribution in [1.82, 2.24) is 25.1 Å². The molecule has 4 aromatic heterocycles. The summed E-state index contributed by atoms with van der Waals surface area (Å²) in [6.07, 6.45) is 3.71. The van der Waals surface area contributed by atoms with E-state index in [0.717, 1.165) is 44.9 Å². The zero-order chi connectivity index (χ0) is 15.8. The van der Waals surface area contributed by atoms with Crippen LogP contribution in [0.5, 0.6) is 0 Å². The fraction of sp³-hybridized carbons (Fsp3) is 0.111. The number of fused-ring (bicyclic) bond motifs is 1. The van der Waals surface area contributed by atoms with Crippen molar-refractivity contribution in [2.45, 2.75) is 13.8 Å². The van der Waals surface area contributed by atoms with E-state index in [-0.39, 0.29) is 0 Å². The summed E-state index contributed by atoms with van der Waals surface area (Å²) in [6, 6.07) is 11.9. The van der Waals surface area contributed by atoms with Gasteiger partial charge in [-0.3, -0.25) is 15.1 Å². The van der Waals surface area contributed by atoms with E-state index in [1.807, 2.05) is 62.6 Å². The number of nitrogens with zero attached hydrogens (tertiary/aromatic N) is 4. The monoisotopic (exact) mass is 301 g/mol. The minimum atomic E-state index is 0.807. The Balaban J connectivity index is 1.87. The standard InChI is InChI=1S/C18H15N5/c1-11-8-17-15(19-9-11)7-6-14(22-17)13-10-20-23-18(13)16-5-3-4-12(2)21-16/h3-10H,1-2H3,(H,20,23). The highest BCUT2D eigenvalue weighted by molar-refractivity contribution is 5.82. The Kier molecular flexibility index (Phi) is 3.12. The number of pyridine rings is 3. The van der Waals surface area contributed by atoms with Gasteiger partial charge in [0.1, 0.15) is 5.69 Å². The van der Waals surface area contributed by atoms with Crippen molar-refractivity contribution in [2.24, 2.45) is 0 Å². The van der Waals surface area contributed by atoms with Crippen molar-refractivity contribution in [3.8, 4) is 22.6 Å². The Morgan fingerprint density at radius 2 is 1.83 bits per heavy atom. The summed E-state index contributed by atoms with van der Waals surface area (Å²) in [5, 5.41) is 7.29. The van der Waals surface area contributed by atoms with Gasteiger partial charge < -0.3 is 0 Å². The van der Waals surface area contributed by atoms with E-state index in [0.29, 0.717) is 0 Å². The lowest BCUT2D eigenvalue weighted by molar-refractivity contribution is 1.08. The second-order valence-corrected chi connectivity index (χ2v) is 5.56. The molecular formula is C18H15N5. The van der Waals surface area contributed by atoms with Gasteiger partial charge in [0.2, 0.25) is 0 Å². The second-order valence-electron chi connectivity index (χ2n) is 5.56. The first kappa shape index (κ1) is 13.6. The highest BCUT2D eigenvalue weighted by Gasteiger charge is 2.13.